The standard InChI is InChI=1S/C20H23ClN4O2/c1-27-18-10-17(22-14-23-18)24-8-6-20(7-9-24)11-19(26)25(13-20)12-15-2-4-16(21)5-3-15/h2-5,10,14H,6-9,11-13H2,1H3. The number of ether oxygens (including phenoxy) is 1. The molecule has 7 heteroatoms. The number of aromatic nitrogens is 2. The van der Waals surface area contributed by atoms with Gasteiger partial charge in [-0.15, -0.1) is 0 Å². The molecule has 2 saturated heterocycles. The van der Waals surface area contributed by atoms with E-state index in [0.29, 0.717) is 18.8 Å². The first-order valence-corrected chi connectivity index (χ1v) is 9.58. The summed E-state index contributed by atoms with van der Waals surface area (Å²) in [6.45, 7) is 3.27. The highest BCUT2D eigenvalue weighted by molar-refractivity contribution is 6.30. The predicted octanol–water partition coefficient (Wildman–Crippen LogP) is 3.16. The van der Waals surface area contributed by atoms with Crippen LogP contribution in [0.25, 0.3) is 0 Å². The Balaban J connectivity index is 1.39. The van der Waals surface area contributed by atoms with Crippen LogP contribution in [0.5, 0.6) is 5.88 Å². The summed E-state index contributed by atoms with van der Waals surface area (Å²) >= 11 is 5.95. The quantitative estimate of drug-likeness (QED) is 0.807. The van der Waals surface area contributed by atoms with Crippen molar-refractivity contribution in [3.63, 3.8) is 0 Å². The lowest BCUT2D eigenvalue weighted by Gasteiger charge is -2.39. The zero-order valence-corrected chi connectivity index (χ0v) is 16.2. The van der Waals surface area contributed by atoms with Gasteiger partial charge >= 0.3 is 0 Å². The van der Waals surface area contributed by atoms with Gasteiger partial charge in [0.05, 0.1) is 7.11 Å². The van der Waals surface area contributed by atoms with Crippen molar-refractivity contribution in [1.82, 2.24) is 14.9 Å². The monoisotopic (exact) mass is 386 g/mol. The van der Waals surface area contributed by atoms with Crippen molar-refractivity contribution >= 4 is 23.3 Å². The first-order chi connectivity index (χ1) is 13.1. The van der Waals surface area contributed by atoms with Crippen LogP contribution in [-0.2, 0) is 11.3 Å². The summed E-state index contributed by atoms with van der Waals surface area (Å²) in [5.74, 6) is 1.71. The van der Waals surface area contributed by atoms with Crippen LogP contribution < -0.4 is 9.64 Å². The Bertz CT molecular complexity index is 819. The van der Waals surface area contributed by atoms with E-state index in [2.05, 4.69) is 14.9 Å². The highest BCUT2D eigenvalue weighted by Gasteiger charge is 2.44. The fraction of sp³-hybridized carbons (Fsp3) is 0.450. The lowest BCUT2D eigenvalue weighted by molar-refractivity contribution is -0.128. The number of carbonyl (C=O) groups excluding carboxylic acids is 1. The minimum atomic E-state index is 0.0805. The van der Waals surface area contributed by atoms with E-state index >= 15 is 0 Å². The van der Waals surface area contributed by atoms with Crippen LogP contribution in [0.1, 0.15) is 24.8 Å². The first-order valence-electron chi connectivity index (χ1n) is 9.20. The van der Waals surface area contributed by atoms with Gasteiger partial charge < -0.3 is 14.5 Å². The van der Waals surface area contributed by atoms with Gasteiger partial charge in [0.2, 0.25) is 11.8 Å². The summed E-state index contributed by atoms with van der Waals surface area (Å²) in [4.78, 5) is 25.3. The number of methoxy groups -OCH3 is 1. The minimum Gasteiger partial charge on any atom is -0.481 e. The summed E-state index contributed by atoms with van der Waals surface area (Å²) < 4.78 is 5.19. The Morgan fingerprint density at radius 3 is 2.63 bits per heavy atom. The van der Waals surface area contributed by atoms with Gasteiger partial charge in [-0.2, -0.15) is 0 Å². The van der Waals surface area contributed by atoms with Crippen LogP contribution >= 0.6 is 11.6 Å². The third kappa shape index (κ3) is 3.86. The second-order valence-corrected chi connectivity index (χ2v) is 7.90. The van der Waals surface area contributed by atoms with Crippen molar-refractivity contribution in [3.8, 4) is 5.88 Å². The Hall–Kier alpha value is -2.34. The second kappa shape index (κ2) is 7.35. The van der Waals surface area contributed by atoms with E-state index in [1.807, 2.05) is 35.2 Å². The third-order valence-electron chi connectivity index (χ3n) is 5.68. The number of hydrogen-bond donors (Lipinski definition) is 0. The van der Waals surface area contributed by atoms with Gasteiger partial charge in [0.15, 0.2) is 0 Å². The van der Waals surface area contributed by atoms with Crippen LogP contribution in [0, 0.1) is 5.41 Å². The summed E-state index contributed by atoms with van der Waals surface area (Å²) in [6.07, 6.45) is 4.15. The molecular formula is C20H23ClN4O2. The number of nitrogens with zero attached hydrogens (tertiary/aromatic N) is 4. The number of halogens is 1. The third-order valence-corrected chi connectivity index (χ3v) is 5.93. The number of benzene rings is 1. The molecule has 1 aromatic heterocycles. The Kier molecular flexibility index (Phi) is 4.91. The molecule has 6 nitrogen and oxygen atoms in total. The van der Waals surface area contributed by atoms with E-state index in [1.54, 1.807) is 7.11 Å². The van der Waals surface area contributed by atoms with Crippen molar-refractivity contribution in [2.45, 2.75) is 25.8 Å². The van der Waals surface area contributed by atoms with E-state index in [-0.39, 0.29) is 11.3 Å². The second-order valence-electron chi connectivity index (χ2n) is 7.46. The average molecular weight is 387 g/mol. The number of piperidine rings is 1. The normalized spacial score (nSPS) is 19.0. The molecule has 2 aromatic rings. The van der Waals surface area contributed by atoms with Crippen molar-refractivity contribution in [3.05, 3.63) is 47.2 Å². The Morgan fingerprint density at radius 1 is 1.19 bits per heavy atom. The van der Waals surface area contributed by atoms with E-state index in [4.69, 9.17) is 16.3 Å². The smallest absolute Gasteiger partial charge is 0.223 e. The minimum absolute atomic E-state index is 0.0805. The maximum atomic E-state index is 12.6. The molecule has 1 amide bonds. The lowest BCUT2D eigenvalue weighted by Crippen LogP contribution is -2.42. The summed E-state index contributed by atoms with van der Waals surface area (Å²) in [6, 6.07) is 9.60. The predicted molar refractivity (Wildman–Crippen MR) is 104 cm³/mol. The summed E-state index contributed by atoms with van der Waals surface area (Å²) in [7, 11) is 1.61. The SMILES string of the molecule is COc1cc(N2CCC3(CC2)CC(=O)N(Cc2ccc(Cl)cc2)C3)ncn1. The fourth-order valence-corrected chi connectivity index (χ4v) is 4.22. The Morgan fingerprint density at radius 2 is 1.93 bits per heavy atom. The van der Waals surface area contributed by atoms with Gasteiger partial charge in [-0.25, -0.2) is 9.97 Å². The molecule has 0 N–H and O–H groups in total. The number of amides is 1. The van der Waals surface area contributed by atoms with Gasteiger partial charge in [0.25, 0.3) is 0 Å². The van der Waals surface area contributed by atoms with Crippen LogP contribution in [0.4, 0.5) is 5.82 Å². The molecule has 4 rings (SSSR count). The molecule has 3 heterocycles. The van der Waals surface area contributed by atoms with Crippen molar-refractivity contribution in [2.75, 3.05) is 31.6 Å². The van der Waals surface area contributed by atoms with Crippen molar-refractivity contribution < 1.29 is 9.53 Å². The number of likely N-dealkylation sites (tertiary alicyclic amines) is 1. The first kappa shape index (κ1) is 18.0. The molecule has 1 spiro atoms. The molecule has 0 atom stereocenters. The summed E-state index contributed by atoms with van der Waals surface area (Å²) in [5.41, 5.74) is 1.20. The molecule has 0 radical (unpaired) electrons. The van der Waals surface area contributed by atoms with E-state index in [1.165, 1.54) is 6.33 Å². The largest absolute Gasteiger partial charge is 0.481 e. The molecule has 2 aliphatic heterocycles. The van der Waals surface area contributed by atoms with E-state index in [9.17, 15) is 4.79 Å². The van der Waals surface area contributed by atoms with Crippen LogP contribution in [0.15, 0.2) is 36.7 Å². The highest BCUT2D eigenvalue weighted by Crippen LogP contribution is 2.42. The van der Waals surface area contributed by atoms with Crippen molar-refractivity contribution in [2.24, 2.45) is 5.41 Å². The molecule has 2 aliphatic rings. The van der Waals surface area contributed by atoms with Crippen molar-refractivity contribution in [1.29, 1.82) is 0 Å². The van der Waals surface area contributed by atoms with Crippen LogP contribution in [0.2, 0.25) is 5.02 Å². The van der Waals surface area contributed by atoms with Crippen LogP contribution in [0.3, 0.4) is 0 Å². The number of carbonyl (C=O) groups is 1. The topological polar surface area (TPSA) is 58.6 Å². The molecule has 0 bridgehead atoms. The fourth-order valence-electron chi connectivity index (χ4n) is 4.10. The molecular weight excluding hydrogens is 364 g/mol. The highest BCUT2D eigenvalue weighted by atomic mass is 35.5. The van der Waals surface area contributed by atoms with Gasteiger partial charge in [0, 0.05) is 49.1 Å². The molecule has 0 aliphatic carbocycles. The van der Waals surface area contributed by atoms with E-state index in [0.717, 1.165) is 48.9 Å². The summed E-state index contributed by atoms with van der Waals surface area (Å²) in [5, 5.41) is 0.719. The lowest BCUT2D eigenvalue weighted by atomic mass is 9.77. The molecule has 1 aromatic carbocycles. The maximum Gasteiger partial charge on any atom is 0.223 e. The van der Waals surface area contributed by atoms with Gasteiger partial charge in [-0.1, -0.05) is 23.7 Å². The average Bonchev–Trinajstić information content (AvgIpc) is 2.99. The molecule has 2 fully saturated rings. The molecule has 27 heavy (non-hydrogen) atoms. The number of hydrogen-bond acceptors (Lipinski definition) is 5. The Labute approximate surface area is 164 Å². The maximum absolute atomic E-state index is 12.6. The van der Waals surface area contributed by atoms with Gasteiger partial charge in [-0.3, -0.25) is 4.79 Å². The molecule has 0 unspecified atom stereocenters. The molecule has 142 valence electrons. The van der Waals surface area contributed by atoms with E-state index < -0.39 is 0 Å². The zero-order valence-electron chi connectivity index (χ0n) is 15.4. The van der Waals surface area contributed by atoms with Gasteiger partial charge in [0.1, 0.15) is 12.1 Å². The number of anilines is 1. The van der Waals surface area contributed by atoms with Crippen LogP contribution in [-0.4, -0.2) is 47.5 Å². The number of rotatable bonds is 4. The van der Waals surface area contributed by atoms with Gasteiger partial charge in [-0.05, 0) is 30.5 Å². The zero-order chi connectivity index (χ0) is 18.9. The molecule has 0 saturated carbocycles.